The lowest BCUT2D eigenvalue weighted by Gasteiger charge is -2.36. The first-order chi connectivity index (χ1) is 14.0. The molecule has 2 saturated carbocycles. The first kappa shape index (κ1) is 18.0. The van der Waals surface area contributed by atoms with Gasteiger partial charge in [-0.15, -0.1) is 0 Å². The van der Waals surface area contributed by atoms with Crippen LogP contribution < -0.4 is 0 Å². The van der Waals surface area contributed by atoms with E-state index in [-0.39, 0.29) is 35.9 Å². The van der Waals surface area contributed by atoms with Crippen LogP contribution in [0.2, 0.25) is 0 Å². The number of oxazole rings is 1. The highest BCUT2D eigenvalue weighted by molar-refractivity contribution is 6.08. The van der Waals surface area contributed by atoms with Crippen LogP contribution >= 0.6 is 0 Å². The number of amides is 1. The highest BCUT2D eigenvalue weighted by Crippen LogP contribution is 2.42. The van der Waals surface area contributed by atoms with Crippen molar-refractivity contribution in [2.45, 2.75) is 37.5 Å². The summed E-state index contributed by atoms with van der Waals surface area (Å²) in [6, 6.07) is 4.33. The minimum Gasteiger partial charge on any atom is -0.437 e. The molecule has 1 aliphatic heterocycles. The lowest BCUT2D eigenvalue weighted by Crippen LogP contribution is -2.54. The van der Waals surface area contributed by atoms with E-state index >= 15 is 0 Å². The number of nitrogens with zero attached hydrogens (tertiary/aromatic N) is 3. The van der Waals surface area contributed by atoms with E-state index in [9.17, 15) is 9.18 Å². The lowest BCUT2D eigenvalue weighted by molar-refractivity contribution is 0.0756. The van der Waals surface area contributed by atoms with Crippen molar-refractivity contribution in [1.29, 1.82) is 10.8 Å². The van der Waals surface area contributed by atoms with E-state index in [1.165, 1.54) is 12.1 Å². The molecule has 1 aromatic carbocycles. The highest BCUT2D eigenvalue weighted by Gasteiger charge is 2.34. The fraction of sp³-hybridized carbons (Fsp3) is 0.429. The van der Waals surface area contributed by atoms with Gasteiger partial charge in [0.25, 0.3) is 5.91 Å². The van der Waals surface area contributed by atoms with Gasteiger partial charge in [-0.2, -0.15) is 0 Å². The van der Waals surface area contributed by atoms with Gasteiger partial charge in [-0.25, -0.2) is 9.37 Å². The number of aromatic nitrogens is 1. The SMILES string of the molecule is N=C1CN(C(=O)c2ccc(F)cc2C2CC2)CCN1C(=N)c1cnc(C2CC2)o1. The molecule has 2 aliphatic carbocycles. The van der Waals surface area contributed by atoms with Crippen LogP contribution in [0.5, 0.6) is 0 Å². The third kappa shape index (κ3) is 3.43. The number of benzene rings is 1. The number of carbonyl (C=O) groups excluding carboxylic acids is 1. The Morgan fingerprint density at radius 3 is 2.62 bits per heavy atom. The number of nitrogens with one attached hydrogen (secondary N) is 2. The summed E-state index contributed by atoms with van der Waals surface area (Å²) >= 11 is 0. The number of carbonyl (C=O) groups is 1. The Kier molecular flexibility index (Phi) is 4.22. The van der Waals surface area contributed by atoms with Gasteiger partial charge >= 0.3 is 0 Å². The van der Waals surface area contributed by atoms with E-state index in [0.29, 0.717) is 36.2 Å². The van der Waals surface area contributed by atoms with Crippen molar-refractivity contribution in [3.8, 4) is 0 Å². The van der Waals surface area contributed by atoms with Gasteiger partial charge in [-0.3, -0.25) is 15.6 Å². The van der Waals surface area contributed by atoms with Crippen LogP contribution in [0.4, 0.5) is 4.39 Å². The second kappa shape index (κ2) is 6.79. The van der Waals surface area contributed by atoms with E-state index in [1.807, 2.05) is 0 Å². The Balaban J connectivity index is 1.29. The molecule has 3 fully saturated rings. The Bertz CT molecular complexity index is 1010. The monoisotopic (exact) mass is 395 g/mol. The molecule has 3 aliphatic rings. The summed E-state index contributed by atoms with van der Waals surface area (Å²) in [5.41, 5.74) is 1.29. The van der Waals surface area contributed by atoms with E-state index < -0.39 is 0 Å². The van der Waals surface area contributed by atoms with Crippen LogP contribution in [0.1, 0.15) is 65.1 Å². The molecule has 0 radical (unpaired) electrons. The van der Waals surface area contributed by atoms with Crippen LogP contribution in [0.15, 0.2) is 28.8 Å². The van der Waals surface area contributed by atoms with Gasteiger partial charge in [0.2, 0.25) is 0 Å². The Morgan fingerprint density at radius 2 is 1.93 bits per heavy atom. The molecular formula is C21H22FN5O2. The van der Waals surface area contributed by atoms with Gasteiger partial charge < -0.3 is 14.2 Å². The van der Waals surface area contributed by atoms with Gasteiger partial charge in [-0.1, -0.05) is 0 Å². The largest absolute Gasteiger partial charge is 0.437 e. The molecule has 1 aromatic heterocycles. The smallest absolute Gasteiger partial charge is 0.254 e. The molecule has 7 nitrogen and oxygen atoms in total. The fourth-order valence-corrected chi connectivity index (χ4v) is 3.80. The number of amidine groups is 2. The van der Waals surface area contributed by atoms with Crippen LogP contribution in [0.25, 0.3) is 0 Å². The quantitative estimate of drug-likeness (QED) is 0.613. The molecule has 29 heavy (non-hydrogen) atoms. The van der Waals surface area contributed by atoms with Gasteiger partial charge in [0.1, 0.15) is 11.7 Å². The second-order valence-electron chi connectivity index (χ2n) is 8.02. The summed E-state index contributed by atoms with van der Waals surface area (Å²) in [5, 5.41) is 16.8. The maximum atomic E-state index is 13.7. The zero-order valence-corrected chi connectivity index (χ0v) is 15.9. The molecule has 0 unspecified atom stereocenters. The molecule has 150 valence electrons. The first-order valence-electron chi connectivity index (χ1n) is 9.99. The summed E-state index contributed by atoms with van der Waals surface area (Å²) in [4.78, 5) is 20.4. The molecule has 8 heteroatoms. The van der Waals surface area contributed by atoms with E-state index in [4.69, 9.17) is 15.2 Å². The summed E-state index contributed by atoms with van der Waals surface area (Å²) in [5.74, 6) is 1.38. The van der Waals surface area contributed by atoms with E-state index in [1.54, 1.807) is 22.1 Å². The Labute approximate surface area is 167 Å². The van der Waals surface area contributed by atoms with Crippen molar-refractivity contribution in [2.24, 2.45) is 0 Å². The van der Waals surface area contributed by atoms with Crippen molar-refractivity contribution in [1.82, 2.24) is 14.8 Å². The lowest BCUT2D eigenvalue weighted by atomic mass is 10.0. The van der Waals surface area contributed by atoms with E-state index in [2.05, 4.69) is 4.98 Å². The average Bonchev–Trinajstić information content (AvgIpc) is 3.65. The first-order valence-corrected chi connectivity index (χ1v) is 9.99. The predicted molar refractivity (Wildman–Crippen MR) is 104 cm³/mol. The minimum atomic E-state index is -0.327. The normalized spacial score (nSPS) is 19.6. The number of piperazine rings is 1. The molecule has 5 rings (SSSR count). The molecular weight excluding hydrogens is 373 g/mol. The zero-order valence-electron chi connectivity index (χ0n) is 15.9. The third-order valence-corrected chi connectivity index (χ3v) is 5.76. The molecule has 0 atom stereocenters. The van der Waals surface area contributed by atoms with Crippen LogP contribution in [-0.2, 0) is 0 Å². The fourth-order valence-electron chi connectivity index (χ4n) is 3.80. The van der Waals surface area contributed by atoms with Crippen molar-refractivity contribution < 1.29 is 13.6 Å². The Hall–Kier alpha value is -3.03. The number of halogens is 1. The summed E-state index contributed by atoms with van der Waals surface area (Å²) in [7, 11) is 0. The van der Waals surface area contributed by atoms with Crippen molar-refractivity contribution in [3.05, 3.63) is 53.0 Å². The number of hydrogen-bond donors (Lipinski definition) is 2. The van der Waals surface area contributed by atoms with Gasteiger partial charge in [0.05, 0.1) is 12.7 Å². The van der Waals surface area contributed by atoms with Crippen molar-refractivity contribution in [2.75, 3.05) is 19.6 Å². The summed E-state index contributed by atoms with van der Waals surface area (Å²) in [6.45, 7) is 0.823. The maximum absolute atomic E-state index is 13.7. The topological polar surface area (TPSA) is 97.3 Å². The van der Waals surface area contributed by atoms with E-state index in [0.717, 1.165) is 31.2 Å². The number of hydrogen-bond acceptors (Lipinski definition) is 5. The minimum absolute atomic E-state index is 0.0990. The standard InChI is InChI=1S/C21H22FN5O2/c22-14-5-6-15(16(9-14)12-1-2-12)21(28)26-7-8-27(18(23)11-26)19(24)17-10-25-20(29-17)13-3-4-13/h5-6,9-10,12-13,23-24H,1-4,7-8,11H2. The highest BCUT2D eigenvalue weighted by atomic mass is 19.1. The van der Waals surface area contributed by atoms with Crippen LogP contribution in [0.3, 0.4) is 0 Å². The number of rotatable bonds is 4. The van der Waals surface area contributed by atoms with Crippen LogP contribution in [0, 0.1) is 16.6 Å². The third-order valence-electron chi connectivity index (χ3n) is 5.76. The van der Waals surface area contributed by atoms with Gasteiger partial charge in [0.15, 0.2) is 17.5 Å². The van der Waals surface area contributed by atoms with Crippen molar-refractivity contribution in [3.63, 3.8) is 0 Å². The van der Waals surface area contributed by atoms with Crippen LogP contribution in [-0.4, -0.2) is 52.0 Å². The van der Waals surface area contributed by atoms with Gasteiger partial charge in [-0.05, 0) is 55.4 Å². The maximum Gasteiger partial charge on any atom is 0.254 e. The molecule has 2 N–H and O–H groups in total. The van der Waals surface area contributed by atoms with Crippen molar-refractivity contribution >= 4 is 17.6 Å². The molecule has 2 heterocycles. The summed E-state index contributed by atoms with van der Waals surface area (Å²) < 4.78 is 19.3. The molecule has 1 saturated heterocycles. The molecule has 0 spiro atoms. The molecule has 1 amide bonds. The Morgan fingerprint density at radius 1 is 1.17 bits per heavy atom. The predicted octanol–water partition coefficient (Wildman–Crippen LogP) is 3.33. The second-order valence-corrected chi connectivity index (χ2v) is 8.02. The molecule has 0 bridgehead atoms. The average molecular weight is 395 g/mol. The molecule has 2 aromatic rings. The van der Waals surface area contributed by atoms with Gasteiger partial charge in [0, 0.05) is 24.6 Å². The zero-order chi connectivity index (χ0) is 20.1. The summed E-state index contributed by atoms with van der Waals surface area (Å²) in [6.07, 6.45) is 5.63.